The highest BCUT2D eigenvalue weighted by Gasteiger charge is 2.20. The van der Waals surface area contributed by atoms with E-state index >= 15 is 0 Å². The minimum atomic E-state index is -0.871. The molecule has 0 fully saturated rings. The number of amides is 1. The molecular weight excluding hydrogens is 333 g/mol. The molecule has 1 atom stereocenters. The predicted molar refractivity (Wildman–Crippen MR) is 96.5 cm³/mol. The van der Waals surface area contributed by atoms with Crippen molar-refractivity contribution in [2.24, 2.45) is 0 Å². The maximum atomic E-state index is 12.9. The van der Waals surface area contributed by atoms with Gasteiger partial charge in [0.25, 0.3) is 5.91 Å². The van der Waals surface area contributed by atoms with Crippen LogP contribution >= 0.6 is 0 Å². The number of nitrogens with one attached hydrogen (secondary N) is 1. The number of esters is 1. The smallest absolute Gasteiger partial charge is 0.338 e. The van der Waals surface area contributed by atoms with Crippen molar-refractivity contribution >= 4 is 11.9 Å². The zero-order valence-electron chi connectivity index (χ0n) is 14.8. The molecule has 0 saturated carbocycles. The fraction of sp³-hybridized carbons (Fsp3) is 0.333. The van der Waals surface area contributed by atoms with Gasteiger partial charge in [0.15, 0.2) is 6.10 Å². The number of fused-ring (bicyclic) bond motifs is 1. The number of carbonyl (C=O) groups excluding carboxylic acids is 2. The number of hydrogen-bond acceptors (Lipinski definition) is 3. The number of carbonyl (C=O) groups is 2. The predicted octanol–water partition coefficient (Wildman–Crippen LogP) is 3.22. The number of ether oxygens (including phenoxy) is 1. The van der Waals surface area contributed by atoms with E-state index in [4.69, 9.17) is 4.74 Å². The van der Waals surface area contributed by atoms with Crippen LogP contribution in [0.2, 0.25) is 0 Å². The van der Waals surface area contributed by atoms with Crippen LogP contribution in [0.1, 0.15) is 40.4 Å². The average Bonchev–Trinajstić information content (AvgIpc) is 3.10. The lowest BCUT2D eigenvalue weighted by Crippen LogP contribution is -2.36. The summed E-state index contributed by atoms with van der Waals surface area (Å²) in [4.78, 5) is 24.3. The van der Waals surface area contributed by atoms with E-state index in [1.54, 1.807) is 25.1 Å². The van der Waals surface area contributed by atoms with E-state index in [1.807, 2.05) is 12.1 Å². The normalized spacial score (nSPS) is 13.8. The van der Waals surface area contributed by atoms with Gasteiger partial charge in [0.2, 0.25) is 0 Å². The van der Waals surface area contributed by atoms with E-state index < -0.39 is 12.1 Å². The van der Waals surface area contributed by atoms with E-state index in [2.05, 4.69) is 5.32 Å². The van der Waals surface area contributed by atoms with Crippen LogP contribution in [0, 0.1) is 5.82 Å². The molecule has 2 aromatic rings. The number of hydrogen-bond donors (Lipinski definition) is 1. The monoisotopic (exact) mass is 355 g/mol. The molecule has 1 aliphatic rings. The highest BCUT2D eigenvalue weighted by Crippen LogP contribution is 2.23. The van der Waals surface area contributed by atoms with Crippen LogP contribution in [-0.2, 0) is 28.8 Å². The third-order valence-corrected chi connectivity index (χ3v) is 4.61. The molecule has 0 aliphatic heterocycles. The Balaban J connectivity index is 1.47. The molecule has 26 heavy (non-hydrogen) atoms. The zero-order chi connectivity index (χ0) is 18.5. The summed E-state index contributed by atoms with van der Waals surface area (Å²) >= 11 is 0. The molecule has 1 amide bonds. The summed E-state index contributed by atoms with van der Waals surface area (Å²) in [5, 5.41) is 2.73. The standard InChI is InChI=1S/C21H22FNO3/c1-14(20(24)23-12-11-15-5-9-19(22)10-6-15)26-21(25)18-8-7-16-3-2-4-17(16)13-18/h5-10,13-14H,2-4,11-12H2,1H3,(H,23,24)/t14-/m0/s1. The largest absolute Gasteiger partial charge is 0.449 e. The van der Waals surface area contributed by atoms with Gasteiger partial charge in [-0.15, -0.1) is 0 Å². The summed E-state index contributed by atoms with van der Waals surface area (Å²) in [5.74, 6) is -1.12. The van der Waals surface area contributed by atoms with Gasteiger partial charge in [-0.3, -0.25) is 4.79 Å². The van der Waals surface area contributed by atoms with Crippen molar-refractivity contribution in [1.29, 1.82) is 0 Å². The third kappa shape index (κ3) is 4.48. The highest BCUT2D eigenvalue weighted by atomic mass is 19.1. The Labute approximate surface area is 152 Å². The molecule has 0 saturated heterocycles. The summed E-state index contributed by atoms with van der Waals surface area (Å²) in [6.07, 6.45) is 2.86. The highest BCUT2D eigenvalue weighted by molar-refractivity contribution is 5.92. The van der Waals surface area contributed by atoms with Crippen molar-refractivity contribution in [3.05, 3.63) is 70.5 Å². The van der Waals surface area contributed by atoms with E-state index in [-0.39, 0.29) is 11.7 Å². The quantitative estimate of drug-likeness (QED) is 0.810. The van der Waals surface area contributed by atoms with Gasteiger partial charge >= 0.3 is 5.97 Å². The molecule has 0 radical (unpaired) electrons. The van der Waals surface area contributed by atoms with Gasteiger partial charge < -0.3 is 10.1 Å². The van der Waals surface area contributed by atoms with E-state index in [0.29, 0.717) is 18.5 Å². The van der Waals surface area contributed by atoms with Gasteiger partial charge in [0.1, 0.15) is 5.82 Å². The third-order valence-electron chi connectivity index (χ3n) is 4.61. The molecule has 5 heteroatoms. The van der Waals surface area contributed by atoms with Crippen LogP contribution in [0.5, 0.6) is 0 Å². The van der Waals surface area contributed by atoms with Crippen molar-refractivity contribution in [2.75, 3.05) is 6.54 Å². The molecular formula is C21H22FNO3. The van der Waals surface area contributed by atoms with Gasteiger partial charge in [0, 0.05) is 6.54 Å². The Morgan fingerprint density at radius 3 is 2.62 bits per heavy atom. The second-order valence-electron chi connectivity index (χ2n) is 6.55. The molecule has 1 N–H and O–H groups in total. The van der Waals surface area contributed by atoms with Crippen molar-refractivity contribution in [2.45, 2.75) is 38.7 Å². The van der Waals surface area contributed by atoms with Crippen molar-refractivity contribution in [1.82, 2.24) is 5.32 Å². The zero-order valence-corrected chi connectivity index (χ0v) is 14.8. The number of benzene rings is 2. The van der Waals surface area contributed by atoms with Gasteiger partial charge in [-0.25, -0.2) is 9.18 Å². The molecule has 136 valence electrons. The van der Waals surface area contributed by atoms with Crippen LogP contribution in [-0.4, -0.2) is 24.5 Å². The Bertz CT molecular complexity index is 801. The molecule has 0 unspecified atom stereocenters. The fourth-order valence-corrected chi connectivity index (χ4v) is 3.11. The first-order chi connectivity index (χ1) is 12.5. The summed E-state index contributed by atoms with van der Waals surface area (Å²) < 4.78 is 18.1. The summed E-state index contributed by atoms with van der Waals surface area (Å²) in [6, 6.07) is 11.7. The number of aryl methyl sites for hydroxylation is 2. The average molecular weight is 355 g/mol. The van der Waals surface area contributed by atoms with E-state index in [1.165, 1.54) is 23.3 Å². The maximum Gasteiger partial charge on any atom is 0.338 e. The Morgan fingerprint density at radius 1 is 1.12 bits per heavy atom. The molecule has 0 heterocycles. The molecule has 3 rings (SSSR count). The first-order valence-corrected chi connectivity index (χ1v) is 8.88. The van der Waals surface area contributed by atoms with Crippen LogP contribution < -0.4 is 5.32 Å². The molecule has 0 bridgehead atoms. The Morgan fingerprint density at radius 2 is 1.85 bits per heavy atom. The Hall–Kier alpha value is -2.69. The van der Waals surface area contributed by atoms with Crippen molar-refractivity contribution in [3.8, 4) is 0 Å². The minimum absolute atomic E-state index is 0.287. The summed E-state index contributed by atoms with van der Waals surface area (Å²) in [5.41, 5.74) is 3.88. The minimum Gasteiger partial charge on any atom is -0.449 e. The van der Waals surface area contributed by atoms with Crippen LogP contribution in [0.4, 0.5) is 4.39 Å². The SMILES string of the molecule is C[C@H](OC(=O)c1ccc2c(c1)CCC2)C(=O)NCCc1ccc(F)cc1. The van der Waals surface area contributed by atoms with E-state index in [0.717, 1.165) is 24.8 Å². The second-order valence-corrected chi connectivity index (χ2v) is 6.55. The summed E-state index contributed by atoms with van der Waals surface area (Å²) in [7, 11) is 0. The van der Waals surface area contributed by atoms with Gasteiger partial charge in [-0.1, -0.05) is 18.2 Å². The molecule has 0 spiro atoms. The topological polar surface area (TPSA) is 55.4 Å². The van der Waals surface area contributed by atoms with Crippen molar-refractivity contribution in [3.63, 3.8) is 0 Å². The first kappa shape index (κ1) is 18.1. The molecule has 1 aliphatic carbocycles. The van der Waals surface area contributed by atoms with Gasteiger partial charge in [-0.05, 0) is 73.6 Å². The van der Waals surface area contributed by atoms with Crippen LogP contribution in [0.25, 0.3) is 0 Å². The van der Waals surface area contributed by atoms with Gasteiger partial charge in [0.05, 0.1) is 5.56 Å². The number of halogens is 1. The van der Waals surface area contributed by atoms with Crippen molar-refractivity contribution < 1.29 is 18.7 Å². The Kier molecular flexibility index (Phi) is 5.66. The molecule has 0 aromatic heterocycles. The van der Waals surface area contributed by atoms with Gasteiger partial charge in [-0.2, -0.15) is 0 Å². The summed E-state index contributed by atoms with van der Waals surface area (Å²) in [6.45, 7) is 1.95. The molecule has 2 aromatic carbocycles. The lowest BCUT2D eigenvalue weighted by molar-refractivity contribution is -0.129. The lowest BCUT2D eigenvalue weighted by atomic mass is 10.1. The first-order valence-electron chi connectivity index (χ1n) is 8.88. The van der Waals surface area contributed by atoms with Crippen LogP contribution in [0.15, 0.2) is 42.5 Å². The second kappa shape index (κ2) is 8.13. The lowest BCUT2D eigenvalue weighted by Gasteiger charge is -2.14. The van der Waals surface area contributed by atoms with E-state index in [9.17, 15) is 14.0 Å². The van der Waals surface area contributed by atoms with Crippen LogP contribution in [0.3, 0.4) is 0 Å². The molecule has 4 nitrogen and oxygen atoms in total. The maximum absolute atomic E-state index is 12.9. The number of rotatable bonds is 6. The fourth-order valence-electron chi connectivity index (χ4n) is 3.11.